The zero-order valence-corrected chi connectivity index (χ0v) is 16.8. The third kappa shape index (κ3) is 4.09. The number of fused-ring (bicyclic) bond motifs is 1. The number of carbonyl (C=O) groups is 1. The number of hydrogen-bond acceptors (Lipinski definition) is 3. The van der Waals surface area contributed by atoms with Crippen LogP contribution >= 0.6 is 0 Å². The van der Waals surface area contributed by atoms with Crippen molar-refractivity contribution in [2.75, 3.05) is 13.1 Å². The van der Waals surface area contributed by atoms with Crippen LogP contribution in [-0.4, -0.2) is 33.4 Å². The quantitative estimate of drug-likeness (QED) is 0.666. The lowest BCUT2D eigenvalue weighted by Crippen LogP contribution is -2.44. The molecule has 4 rings (SSSR count). The molecule has 1 fully saturated rings. The Morgan fingerprint density at radius 1 is 1.07 bits per heavy atom. The first kappa shape index (κ1) is 19.4. The van der Waals surface area contributed by atoms with Crippen LogP contribution in [0.1, 0.15) is 37.8 Å². The van der Waals surface area contributed by atoms with Crippen molar-refractivity contribution in [3.63, 3.8) is 0 Å². The summed E-state index contributed by atoms with van der Waals surface area (Å²) in [4.78, 5) is 32.5. The average molecular weight is 389 g/mol. The molecule has 1 aliphatic heterocycles. The van der Waals surface area contributed by atoms with Crippen LogP contribution < -0.4 is 5.56 Å². The summed E-state index contributed by atoms with van der Waals surface area (Å²) < 4.78 is 1.51. The number of piperidine rings is 1. The molecule has 5 nitrogen and oxygen atoms in total. The lowest BCUT2D eigenvalue weighted by atomic mass is 9.90. The van der Waals surface area contributed by atoms with Crippen LogP contribution in [0.15, 0.2) is 65.7 Å². The molecule has 1 aliphatic rings. The number of benzene rings is 2. The van der Waals surface area contributed by atoms with Crippen molar-refractivity contribution in [2.45, 2.75) is 38.6 Å². The van der Waals surface area contributed by atoms with Gasteiger partial charge in [0.2, 0.25) is 5.91 Å². The molecule has 0 bridgehead atoms. The number of hydrogen-bond donors (Lipinski definition) is 0. The summed E-state index contributed by atoms with van der Waals surface area (Å²) in [5.41, 5.74) is 1.88. The van der Waals surface area contributed by atoms with Crippen molar-refractivity contribution >= 4 is 16.8 Å². The third-order valence-corrected chi connectivity index (χ3v) is 5.99. The van der Waals surface area contributed by atoms with E-state index in [0.717, 1.165) is 32.4 Å². The molecule has 0 spiro atoms. The Labute approximate surface area is 171 Å². The molecule has 0 radical (unpaired) electrons. The maximum atomic E-state index is 13.2. The Balaban J connectivity index is 1.46. The lowest BCUT2D eigenvalue weighted by molar-refractivity contribution is -0.136. The molecule has 0 saturated carbocycles. The van der Waals surface area contributed by atoms with Crippen molar-refractivity contribution in [2.24, 2.45) is 5.92 Å². The van der Waals surface area contributed by atoms with Gasteiger partial charge in [-0.05, 0) is 49.3 Å². The maximum Gasteiger partial charge on any atom is 0.261 e. The molecule has 0 N–H and O–H groups in total. The van der Waals surface area contributed by atoms with Crippen LogP contribution in [0, 0.1) is 5.92 Å². The van der Waals surface area contributed by atoms with E-state index in [4.69, 9.17) is 0 Å². The van der Waals surface area contributed by atoms with Crippen LogP contribution in [0.5, 0.6) is 0 Å². The van der Waals surface area contributed by atoms with E-state index in [1.807, 2.05) is 36.1 Å². The van der Waals surface area contributed by atoms with Crippen molar-refractivity contribution in [3.8, 4) is 0 Å². The highest BCUT2D eigenvalue weighted by atomic mass is 16.2. The minimum Gasteiger partial charge on any atom is -0.341 e. The number of nitrogens with zero attached hydrogens (tertiary/aromatic N) is 3. The molecule has 150 valence electrons. The van der Waals surface area contributed by atoms with E-state index in [1.165, 1.54) is 16.5 Å². The molecule has 5 heteroatoms. The number of para-hydroxylation sites is 1. The largest absolute Gasteiger partial charge is 0.341 e. The van der Waals surface area contributed by atoms with Gasteiger partial charge in [0.05, 0.1) is 17.2 Å². The smallest absolute Gasteiger partial charge is 0.261 e. The molecular weight excluding hydrogens is 362 g/mol. The normalized spacial score (nSPS) is 16.1. The van der Waals surface area contributed by atoms with Gasteiger partial charge < -0.3 is 4.90 Å². The van der Waals surface area contributed by atoms with Gasteiger partial charge in [-0.1, -0.05) is 49.4 Å². The Morgan fingerprint density at radius 3 is 2.48 bits per heavy atom. The van der Waals surface area contributed by atoms with Crippen LogP contribution in [0.25, 0.3) is 10.9 Å². The molecule has 0 unspecified atom stereocenters. The highest BCUT2D eigenvalue weighted by Crippen LogP contribution is 2.24. The van der Waals surface area contributed by atoms with E-state index < -0.39 is 6.04 Å². The summed E-state index contributed by atoms with van der Waals surface area (Å²) in [6.07, 6.45) is 5.17. The zero-order chi connectivity index (χ0) is 20.2. The van der Waals surface area contributed by atoms with E-state index in [0.29, 0.717) is 23.2 Å². The number of aromatic nitrogens is 2. The second kappa shape index (κ2) is 8.60. The average Bonchev–Trinajstić information content (AvgIpc) is 2.77. The van der Waals surface area contributed by atoms with Gasteiger partial charge in [0.25, 0.3) is 5.56 Å². The van der Waals surface area contributed by atoms with Gasteiger partial charge in [0, 0.05) is 13.1 Å². The summed E-state index contributed by atoms with van der Waals surface area (Å²) in [6, 6.07) is 17.3. The Morgan fingerprint density at radius 2 is 1.76 bits per heavy atom. The van der Waals surface area contributed by atoms with Gasteiger partial charge in [-0.3, -0.25) is 14.2 Å². The molecule has 29 heavy (non-hydrogen) atoms. The molecule has 1 amide bonds. The summed E-state index contributed by atoms with van der Waals surface area (Å²) in [6.45, 7) is 3.46. The number of carbonyl (C=O) groups excluding carboxylic acids is 1. The van der Waals surface area contributed by atoms with Crippen LogP contribution in [0.2, 0.25) is 0 Å². The van der Waals surface area contributed by atoms with Crippen molar-refractivity contribution in [3.05, 3.63) is 76.8 Å². The molecule has 1 atom stereocenters. The van der Waals surface area contributed by atoms with Crippen LogP contribution in [0.4, 0.5) is 0 Å². The van der Waals surface area contributed by atoms with Gasteiger partial charge in [0.15, 0.2) is 0 Å². The number of rotatable bonds is 5. The topological polar surface area (TPSA) is 55.2 Å². The molecule has 1 aromatic heterocycles. The summed E-state index contributed by atoms with van der Waals surface area (Å²) in [5.74, 6) is 0.636. The number of likely N-dealkylation sites (tertiary alicyclic amines) is 1. The van der Waals surface area contributed by atoms with E-state index in [9.17, 15) is 9.59 Å². The van der Waals surface area contributed by atoms with Gasteiger partial charge in [0.1, 0.15) is 6.04 Å². The van der Waals surface area contributed by atoms with E-state index in [-0.39, 0.29) is 11.5 Å². The first-order chi connectivity index (χ1) is 14.2. The first-order valence-electron chi connectivity index (χ1n) is 10.5. The Hall–Kier alpha value is -2.95. The first-order valence-corrected chi connectivity index (χ1v) is 10.5. The molecule has 2 aromatic carbocycles. The fourth-order valence-electron chi connectivity index (χ4n) is 4.31. The van der Waals surface area contributed by atoms with Crippen LogP contribution in [-0.2, 0) is 11.2 Å². The Kier molecular flexibility index (Phi) is 5.74. The van der Waals surface area contributed by atoms with Gasteiger partial charge >= 0.3 is 0 Å². The molecule has 0 aliphatic carbocycles. The second-order valence-electron chi connectivity index (χ2n) is 7.86. The molecule has 1 saturated heterocycles. The predicted octanol–water partition coefficient (Wildman–Crippen LogP) is 3.83. The lowest BCUT2D eigenvalue weighted by Gasteiger charge is -2.34. The van der Waals surface area contributed by atoms with Crippen LogP contribution in [0.3, 0.4) is 0 Å². The predicted molar refractivity (Wildman–Crippen MR) is 115 cm³/mol. The third-order valence-electron chi connectivity index (χ3n) is 5.99. The minimum absolute atomic E-state index is 0.0323. The minimum atomic E-state index is -0.495. The summed E-state index contributed by atoms with van der Waals surface area (Å²) in [5, 5.41) is 0.558. The highest BCUT2D eigenvalue weighted by molar-refractivity contribution is 5.82. The monoisotopic (exact) mass is 389 g/mol. The van der Waals surface area contributed by atoms with E-state index in [1.54, 1.807) is 6.07 Å². The Bertz CT molecular complexity index is 1040. The number of amides is 1. The van der Waals surface area contributed by atoms with Crippen molar-refractivity contribution in [1.29, 1.82) is 0 Å². The van der Waals surface area contributed by atoms with Gasteiger partial charge in [-0.2, -0.15) is 0 Å². The zero-order valence-electron chi connectivity index (χ0n) is 16.8. The fourth-order valence-corrected chi connectivity index (χ4v) is 4.31. The standard InChI is InChI=1S/C24H27N3O2/c1-2-22(27-17-25-21-11-7-6-10-20(21)23(27)28)24(29)26-14-12-19(13-15-26)16-18-8-4-3-5-9-18/h3-11,17,19,22H,2,12-16H2,1H3/t22-/m1/s1. The van der Waals surface area contributed by atoms with E-state index in [2.05, 4.69) is 29.2 Å². The maximum absolute atomic E-state index is 13.2. The summed E-state index contributed by atoms with van der Waals surface area (Å²) in [7, 11) is 0. The fraction of sp³-hybridized carbons (Fsp3) is 0.375. The highest BCUT2D eigenvalue weighted by Gasteiger charge is 2.29. The molecule has 2 heterocycles. The molecular formula is C24H27N3O2. The molecule has 3 aromatic rings. The SMILES string of the molecule is CC[C@H](C(=O)N1CCC(Cc2ccccc2)CC1)n1cnc2ccccc2c1=O. The van der Waals surface area contributed by atoms with E-state index >= 15 is 0 Å². The van der Waals surface area contributed by atoms with Crippen molar-refractivity contribution < 1.29 is 4.79 Å². The van der Waals surface area contributed by atoms with Gasteiger partial charge in [-0.25, -0.2) is 4.98 Å². The van der Waals surface area contributed by atoms with Gasteiger partial charge in [-0.15, -0.1) is 0 Å². The summed E-state index contributed by atoms with van der Waals surface area (Å²) >= 11 is 0. The second-order valence-corrected chi connectivity index (χ2v) is 7.86. The van der Waals surface area contributed by atoms with Crippen molar-refractivity contribution in [1.82, 2.24) is 14.5 Å².